The van der Waals surface area contributed by atoms with Crippen molar-refractivity contribution in [2.24, 2.45) is 5.92 Å². The number of carboxylic acid groups (broad SMARTS) is 2. The number of rotatable bonds is 5. The molecule has 3 aliphatic heterocycles. The zero-order valence-corrected chi connectivity index (χ0v) is 21.4. The molecule has 38 heavy (non-hydrogen) atoms. The minimum atomic E-state index is -5.08. The van der Waals surface area contributed by atoms with Gasteiger partial charge in [-0.3, -0.25) is 4.98 Å². The lowest BCUT2D eigenvalue weighted by atomic mass is 9.90. The van der Waals surface area contributed by atoms with E-state index in [2.05, 4.69) is 33.8 Å². The number of carboxylic acids is 2. The topological polar surface area (TPSA) is 109 Å². The summed E-state index contributed by atoms with van der Waals surface area (Å²) in [5.41, 5.74) is 2.12. The molecule has 3 fully saturated rings. The Bertz CT molecular complexity index is 896. The van der Waals surface area contributed by atoms with E-state index >= 15 is 0 Å². The van der Waals surface area contributed by atoms with E-state index in [1.807, 2.05) is 13.0 Å². The highest BCUT2D eigenvalue weighted by Crippen LogP contribution is 2.46. The standard InChI is InChI=1S/C19H28N2O2S.2C2HF3O2/c1-15-3-2-4-17(20-15)11-23-18-9-19(24-12-18)13-21(14-19)10-16-5-7-22-8-6-16;2*3-2(4,5)1(6)7/h2-4,16,18H,5-14H2,1H3;2*(H,6,7). The number of thioether (sulfide) groups is 1. The van der Waals surface area contributed by atoms with Crippen molar-refractivity contribution >= 4 is 23.7 Å². The second-order valence-electron chi connectivity index (χ2n) is 9.23. The third-order valence-electron chi connectivity index (χ3n) is 5.95. The van der Waals surface area contributed by atoms with Gasteiger partial charge in [-0.05, 0) is 44.2 Å². The molecular weight excluding hydrogens is 546 g/mol. The molecule has 2 N–H and O–H groups in total. The molecule has 0 aliphatic carbocycles. The van der Waals surface area contributed by atoms with Gasteiger partial charge in [0.25, 0.3) is 0 Å². The number of nitrogens with zero attached hydrogens (tertiary/aromatic N) is 2. The van der Waals surface area contributed by atoms with Crippen LogP contribution in [0.2, 0.25) is 0 Å². The van der Waals surface area contributed by atoms with E-state index in [1.54, 1.807) is 0 Å². The third-order valence-corrected chi connectivity index (χ3v) is 7.53. The Morgan fingerprint density at radius 2 is 1.66 bits per heavy atom. The van der Waals surface area contributed by atoms with Gasteiger partial charge in [-0.1, -0.05) is 6.07 Å². The predicted octanol–water partition coefficient (Wildman–Crippen LogP) is 4.16. The minimum absolute atomic E-state index is 0.391. The molecule has 4 heterocycles. The van der Waals surface area contributed by atoms with Gasteiger partial charge >= 0.3 is 24.3 Å². The molecule has 15 heteroatoms. The largest absolute Gasteiger partial charge is 0.490 e. The molecule has 0 saturated carbocycles. The van der Waals surface area contributed by atoms with Crippen molar-refractivity contribution < 1.29 is 55.6 Å². The molecule has 1 atom stereocenters. The van der Waals surface area contributed by atoms with Crippen LogP contribution < -0.4 is 0 Å². The monoisotopic (exact) mass is 576 g/mol. The number of pyridine rings is 1. The highest BCUT2D eigenvalue weighted by atomic mass is 32.2. The van der Waals surface area contributed by atoms with Crippen LogP contribution in [0.15, 0.2) is 18.2 Å². The van der Waals surface area contributed by atoms with Gasteiger partial charge in [0.05, 0.1) is 18.4 Å². The van der Waals surface area contributed by atoms with E-state index < -0.39 is 24.3 Å². The van der Waals surface area contributed by atoms with E-state index in [0.29, 0.717) is 17.5 Å². The van der Waals surface area contributed by atoms with E-state index in [1.165, 1.54) is 38.9 Å². The molecular formula is C23H30F6N2O6S. The smallest absolute Gasteiger partial charge is 0.475 e. The summed E-state index contributed by atoms with van der Waals surface area (Å²) in [6.07, 6.45) is -6.09. The number of hydrogen-bond acceptors (Lipinski definition) is 7. The first kappa shape index (κ1) is 32.1. The van der Waals surface area contributed by atoms with Crippen molar-refractivity contribution in [2.75, 3.05) is 38.6 Å². The lowest BCUT2D eigenvalue weighted by molar-refractivity contribution is -0.193. The second kappa shape index (κ2) is 13.8. The molecule has 3 aliphatic rings. The number of hydrogen-bond donors (Lipinski definition) is 2. The van der Waals surface area contributed by atoms with Crippen molar-refractivity contribution in [3.8, 4) is 0 Å². The quantitative estimate of drug-likeness (QED) is 0.500. The fraction of sp³-hybridized carbons (Fsp3) is 0.696. The Balaban J connectivity index is 0.000000301. The van der Waals surface area contributed by atoms with E-state index in [-0.39, 0.29) is 0 Å². The van der Waals surface area contributed by atoms with Crippen LogP contribution in [0.3, 0.4) is 0 Å². The molecule has 8 nitrogen and oxygen atoms in total. The molecule has 1 aromatic rings. The molecule has 0 radical (unpaired) electrons. The van der Waals surface area contributed by atoms with E-state index in [0.717, 1.165) is 36.3 Å². The molecule has 216 valence electrons. The van der Waals surface area contributed by atoms with Gasteiger partial charge in [0.2, 0.25) is 0 Å². The Labute approximate surface area is 219 Å². The molecule has 1 aromatic heterocycles. The Morgan fingerprint density at radius 1 is 1.11 bits per heavy atom. The van der Waals surface area contributed by atoms with Crippen molar-refractivity contribution in [1.82, 2.24) is 9.88 Å². The van der Waals surface area contributed by atoms with Crippen molar-refractivity contribution in [3.05, 3.63) is 29.6 Å². The van der Waals surface area contributed by atoms with Crippen LogP contribution in [0.1, 0.15) is 30.7 Å². The summed E-state index contributed by atoms with van der Waals surface area (Å²) in [4.78, 5) is 25.0. The van der Waals surface area contributed by atoms with Crippen molar-refractivity contribution in [2.45, 2.75) is 56.0 Å². The summed E-state index contributed by atoms with van der Waals surface area (Å²) in [5.74, 6) is -3.53. The SMILES string of the molecule is Cc1cccc(COC2CSC3(C2)CN(CC2CCOCC2)C3)n1.O=C(O)C(F)(F)F.O=C(O)C(F)(F)F. The molecule has 3 saturated heterocycles. The average Bonchev–Trinajstić information content (AvgIpc) is 3.22. The average molecular weight is 577 g/mol. The highest BCUT2D eigenvalue weighted by molar-refractivity contribution is 8.01. The lowest BCUT2D eigenvalue weighted by Gasteiger charge is -2.49. The van der Waals surface area contributed by atoms with Gasteiger partial charge in [0.1, 0.15) is 0 Å². The normalized spacial score (nSPS) is 21.5. The highest BCUT2D eigenvalue weighted by Gasteiger charge is 2.49. The van der Waals surface area contributed by atoms with E-state index in [9.17, 15) is 26.3 Å². The lowest BCUT2D eigenvalue weighted by Crippen LogP contribution is -2.59. The predicted molar refractivity (Wildman–Crippen MR) is 125 cm³/mol. The second-order valence-corrected chi connectivity index (χ2v) is 10.7. The van der Waals surface area contributed by atoms with E-state index in [4.69, 9.17) is 29.3 Å². The summed E-state index contributed by atoms with van der Waals surface area (Å²) in [5, 5.41) is 14.2. The van der Waals surface area contributed by atoms with Gasteiger partial charge in [-0.15, -0.1) is 11.8 Å². The first-order valence-corrected chi connectivity index (χ1v) is 12.7. The number of aromatic nitrogens is 1. The van der Waals surface area contributed by atoms with Gasteiger partial charge in [0.15, 0.2) is 0 Å². The Morgan fingerprint density at radius 3 is 2.16 bits per heavy atom. The summed E-state index contributed by atoms with van der Waals surface area (Å²) >= 11 is 2.13. The summed E-state index contributed by atoms with van der Waals surface area (Å²) in [6.45, 7) is 8.36. The van der Waals surface area contributed by atoms with Crippen LogP contribution in [-0.4, -0.2) is 93.8 Å². The van der Waals surface area contributed by atoms with Crippen LogP contribution in [0.4, 0.5) is 26.3 Å². The Hall–Kier alpha value is -2.10. The number of halogens is 6. The summed E-state index contributed by atoms with van der Waals surface area (Å²) < 4.78 is 75.5. The maximum Gasteiger partial charge on any atom is 0.490 e. The van der Waals surface area contributed by atoms with Crippen molar-refractivity contribution in [1.29, 1.82) is 0 Å². The zero-order valence-electron chi connectivity index (χ0n) is 20.6. The Kier molecular flexibility index (Phi) is 11.7. The fourth-order valence-corrected chi connectivity index (χ4v) is 5.81. The van der Waals surface area contributed by atoms with Crippen LogP contribution in [0.5, 0.6) is 0 Å². The van der Waals surface area contributed by atoms with Crippen LogP contribution in [-0.2, 0) is 25.7 Å². The molecule has 1 unspecified atom stereocenters. The molecule has 1 spiro atoms. The van der Waals surface area contributed by atoms with Crippen LogP contribution in [0, 0.1) is 12.8 Å². The van der Waals surface area contributed by atoms with Crippen LogP contribution >= 0.6 is 11.8 Å². The number of likely N-dealkylation sites (tertiary alicyclic amines) is 1. The maximum absolute atomic E-state index is 10.6. The van der Waals surface area contributed by atoms with Gasteiger partial charge < -0.3 is 24.6 Å². The third kappa shape index (κ3) is 10.9. The van der Waals surface area contributed by atoms with Gasteiger partial charge in [0, 0.05) is 49.0 Å². The van der Waals surface area contributed by atoms with Gasteiger partial charge in [-0.2, -0.15) is 26.3 Å². The maximum atomic E-state index is 10.6. The first-order chi connectivity index (χ1) is 17.6. The summed E-state index contributed by atoms with van der Waals surface area (Å²) in [6, 6.07) is 6.15. The number of alkyl halides is 6. The number of aliphatic carboxylic acids is 2. The van der Waals surface area contributed by atoms with Crippen LogP contribution in [0.25, 0.3) is 0 Å². The van der Waals surface area contributed by atoms with Crippen molar-refractivity contribution in [3.63, 3.8) is 0 Å². The molecule has 4 rings (SSSR count). The number of ether oxygens (including phenoxy) is 2. The number of aryl methyl sites for hydroxylation is 1. The summed E-state index contributed by atoms with van der Waals surface area (Å²) in [7, 11) is 0. The first-order valence-electron chi connectivity index (χ1n) is 11.7. The fourth-order valence-electron chi connectivity index (χ4n) is 4.20. The molecule has 0 amide bonds. The zero-order chi connectivity index (χ0) is 28.6. The van der Waals surface area contributed by atoms with Gasteiger partial charge in [-0.25, -0.2) is 9.59 Å². The minimum Gasteiger partial charge on any atom is -0.475 e. The molecule has 0 bridgehead atoms. The number of carbonyl (C=O) groups is 2. The molecule has 0 aromatic carbocycles.